The minimum atomic E-state index is -4.10. The molecule has 0 unspecified atom stereocenters. The van der Waals surface area contributed by atoms with Crippen LogP contribution in [-0.4, -0.2) is 26.3 Å². The van der Waals surface area contributed by atoms with E-state index in [1.165, 1.54) is 0 Å². The highest BCUT2D eigenvalue weighted by Gasteiger charge is 2.27. The lowest BCUT2D eigenvalue weighted by Gasteiger charge is -2.20. The van der Waals surface area contributed by atoms with Crippen molar-refractivity contribution in [2.75, 3.05) is 25.0 Å². The highest BCUT2D eigenvalue weighted by Crippen LogP contribution is 2.21. The molecule has 0 saturated heterocycles. The van der Waals surface area contributed by atoms with Crippen LogP contribution in [0.2, 0.25) is 0 Å². The van der Waals surface area contributed by atoms with Crippen molar-refractivity contribution >= 4 is 5.69 Å². The summed E-state index contributed by atoms with van der Waals surface area (Å²) < 4.78 is 36.4. The highest BCUT2D eigenvalue weighted by molar-refractivity contribution is 5.46. The molecule has 1 N–H and O–H groups in total. The second-order valence-corrected chi connectivity index (χ2v) is 4.63. The van der Waals surface area contributed by atoms with Crippen LogP contribution in [0.15, 0.2) is 24.3 Å². The van der Waals surface area contributed by atoms with Crippen LogP contribution in [0.1, 0.15) is 25.3 Å². The molecule has 0 aliphatic heterocycles. The smallest absolute Gasteiger partial charge is 0.374 e. The number of anilines is 1. The van der Waals surface area contributed by atoms with Crippen LogP contribution in [0, 0.1) is 0 Å². The molecule has 0 saturated carbocycles. The fourth-order valence-corrected chi connectivity index (χ4v) is 1.70. The Balaban J connectivity index is 2.46. The van der Waals surface area contributed by atoms with E-state index in [0.717, 1.165) is 30.8 Å². The van der Waals surface area contributed by atoms with Gasteiger partial charge in [0.15, 0.2) is 0 Å². The van der Waals surface area contributed by atoms with E-state index in [4.69, 9.17) is 0 Å². The summed E-state index contributed by atoms with van der Waals surface area (Å²) in [4.78, 5) is 1.62. The molecule has 0 radical (unpaired) electrons. The molecule has 1 rings (SSSR count). The van der Waals surface area contributed by atoms with Gasteiger partial charge in [-0.05, 0) is 30.7 Å². The van der Waals surface area contributed by atoms with Crippen LogP contribution in [0.3, 0.4) is 0 Å². The van der Waals surface area contributed by atoms with E-state index in [1.54, 1.807) is 11.9 Å². The van der Waals surface area contributed by atoms with E-state index in [2.05, 4.69) is 12.2 Å². The Bertz CT molecular complexity index is 360. The molecule has 0 aliphatic carbocycles. The summed E-state index contributed by atoms with van der Waals surface area (Å²) >= 11 is 0. The molecule has 0 heterocycles. The third kappa shape index (κ3) is 6.47. The van der Waals surface area contributed by atoms with Crippen molar-refractivity contribution in [2.24, 2.45) is 0 Å². The molecular formula is C14H21F3N2. The van der Waals surface area contributed by atoms with Crippen molar-refractivity contribution < 1.29 is 13.2 Å². The van der Waals surface area contributed by atoms with Gasteiger partial charge < -0.3 is 10.2 Å². The van der Waals surface area contributed by atoms with Crippen molar-refractivity contribution in [3.05, 3.63) is 29.8 Å². The summed E-state index contributed by atoms with van der Waals surface area (Å²) in [6, 6.07) is 7.61. The Kier molecular flexibility index (Phi) is 6.15. The summed E-state index contributed by atoms with van der Waals surface area (Å²) in [7, 11) is 1.68. The second-order valence-electron chi connectivity index (χ2n) is 4.63. The SMILES string of the molecule is CCCNCc1ccc(N(C)CCC(F)(F)F)cc1. The summed E-state index contributed by atoms with van der Waals surface area (Å²) in [6.45, 7) is 3.84. The topological polar surface area (TPSA) is 15.3 Å². The number of alkyl halides is 3. The predicted octanol–water partition coefficient (Wildman–Crippen LogP) is 3.57. The van der Waals surface area contributed by atoms with Crippen LogP contribution in [0.25, 0.3) is 0 Å². The normalized spacial score (nSPS) is 11.6. The van der Waals surface area contributed by atoms with E-state index in [1.807, 2.05) is 24.3 Å². The van der Waals surface area contributed by atoms with Gasteiger partial charge in [0.1, 0.15) is 0 Å². The molecule has 1 aromatic rings. The summed E-state index contributed by atoms with van der Waals surface area (Å²) in [5, 5.41) is 3.28. The number of nitrogens with one attached hydrogen (secondary N) is 1. The second kappa shape index (κ2) is 7.38. The molecule has 0 aromatic heterocycles. The maximum atomic E-state index is 12.1. The van der Waals surface area contributed by atoms with Gasteiger partial charge in [-0.2, -0.15) is 13.2 Å². The van der Waals surface area contributed by atoms with Gasteiger partial charge in [0.2, 0.25) is 0 Å². The largest absolute Gasteiger partial charge is 0.390 e. The van der Waals surface area contributed by atoms with Crippen molar-refractivity contribution in [3.8, 4) is 0 Å². The summed E-state index contributed by atoms with van der Waals surface area (Å²) in [5.41, 5.74) is 1.95. The molecular weight excluding hydrogens is 253 g/mol. The van der Waals surface area contributed by atoms with Gasteiger partial charge in [-0.25, -0.2) is 0 Å². The first-order valence-electron chi connectivity index (χ1n) is 6.50. The monoisotopic (exact) mass is 274 g/mol. The molecule has 0 fully saturated rings. The first-order chi connectivity index (χ1) is 8.92. The van der Waals surface area contributed by atoms with Gasteiger partial charge in [0.25, 0.3) is 0 Å². The Morgan fingerprint density at radius 2 is 1.79 bits per heavy atom. The quantitative estimate of drug-likeness (QED) is 0.765. The van der Waals surface area contributed by atoms with Crippen molar-refractivity contribution in [1.29, 1.82) is 0 Å². The van der Waals surface area contributed by atoms with E-state index >= 15 is 0 Å². The van der Waals surface area contributed by atoms with Gasteiger partial charge in [0, 0.05) is 25.8 Å². The summed E-state index contributed by atoms with van der Waals surface area (Å²) in [5.74, 6) is 0. The average molecular weight is 274 g/mol. The Labute approximate surface area is 112 Å². The first kappa shape index (κ1) is 15.8. The molecule has 2 nitrogen and oxygen atoms in total. The van der Waals surface area contributed by atoms with Crippen molar-refractivity contribution in [1.82, 2.24) is 5.32 Å². The lowest BCUT2D eigenvalue weighted by atomic mass is 10.2. The first-order valence-corrected chi connectivity index (χ1v) is 6.50. The van der Waals surface area contributed by atoms with Gasteiger partial charge >= 0.3 is 6.18 Å². The van der Waals surface area contributed by atoms with Crippen molar-refractivity contribution in [3.63, 3.8) is 0 Å². The molecule has 108 valence electrons. The molecule has 0 atom stereocenters. The lowest BCUT2D eigenvalue weighted by Crippen LogP contribution is -2.24. The zero-order valence-electron chi connectivity index (χ0n) is 11.4. The fraction of sp³-hybridized carbons (Fsp3) is 0.571. The number of hydrogen-bond acceptors (Lipinski definition) is 2. The van der Waals surface area contributed by atoms with Gasteiger partial charge in [0.05, 0.1) is 6.42 Å². The van der Waals surface area contributed by atoms with Crippen LogP contribution in [0.4, 0.5) is 18.9 Å². The standard InChI is InChI=1S/C14H21F3N2/c1-3-9-18-11-12-4-6-13(7-5-12)19(2)10-8-14(15,16)17/h4-7,18H,3,8-11H2,1-2H3. The number of nitrogens with zero attached hydrogens (tertiary/aromatic N) is 1. The van der Waals surface area contributed by atoms with E-state index in [-0.39, 0.29) is 6.54 Å². The number of halogens is 3. The van der Waals surface area contributed by atoms with Gasteiger partial charge in [-0.3, -0.25) is 0 Å². The van der Waals surface area contributed by atoms with E-state index in [0.29, 0.717) is 0 Å². The summed E-state index contributed by atoms with van der Waals surface area (Å²) in [6.07, 6.45) is -3.81. The zero-order valence-corrected chi connectivity index (χ0v) is 11.4. The van der Waals surface area contributed by atoms with Crippen LogP contribution >= 0.6 is 0 Å². The molecule has 19 heavy (non-hydrogen) atoms. The van der Waals surface area contributed by atoms with Crippen LogP contribution < -0.4 is 10.2 Å². The molecule has 0 bridgehead atoms. The number of hydrogen-bond donors (Lipinski definition) is 1. The van der Waals surface area contributed by atoms with E-state index < -0.39 is 12.6 Å². The molecule has 0 aliphatic rings. The Morgan fingerprint density at radius 3 is 2.32 bits per heavy atom. The van der Waals surface area contributed by atoms with Crippen molar-refractivity contribution in [2.45, 2.75) is 32.5 Å². The van der Waals surface area contributed by atoms with Crippen LogP contribution in [0.5, 0.6) is 0 Å². The molecule has 5 heteroatoms. The Hall–Kier alpha value is -1.23. The predicted molar refractivity (Wildman–Crippen MR) is 72.4 cm³/mol. The third-order valence-electron chi connectivity index (χ3n) is 2.86. The molecule has 0 spiro atoms. The third-order valence-corrected chi connectivity index (χ3v) is 2.86. The van der Waals surface area contributed by atoms with E-state index in [9.17, 15) is 13.2 Å². The number of rotatable bonds is 7. The van der Waals surface area contributed by atoms with Gasteiger partial charge in [-0.15, -0.1) is 0 Å². The average Bonchev–Trinajstić information content (AvgIpc) is 2.36. The Morgan fingerprint density at radius 1 is 1.16 bits per heavy atom. The zero-order chi connectivity index (χ0) is 14.3. The highest BCUT2D eigenvalue weighted by atomic mass is 19.4. The van der Waals surface area contributed by atoms with Gasteiger partial charge in [-0.1, -0.05) is 19.1 Å². The lowest BCUT2D eigenvalue weighted by molar-refractivity contribution is -0.132. The molecule has 0 amide bonds. The maximum absolute atomic E-state index is 12.1. The van der Waals surface area contributed by atoms with Crippen LogP contribution in [-0.2, 0) is 6.54 Å². The minimum absolute atomic E-state index is 0.0169. The minimum Gasteiger partial charge on any atom is -0.374 e. The fourth-order valence-electron chi connectivity index (χ4n) is 1.70. The number of benzene rings is 1. The maximum Gasteiger partial charge on any atom is 0.390 e. The molecule has 1 aromatic carbocycles.